The van der Waals surface area contributed by atoms with Crippen LogP contribution < -0.4 is 5.32 Å². The summed E-state index contributed by atoms with van der Waals surface area (Å²) in [5.41, 5.74) is 2.56. The lowest BCUT2D eigenvalue weighted by Gasteiger charge is -2.11. The van der Waals surface area contributed by atoms with E-state index in [9.17, 15) is 4.79 Å². The fraction of sp³-hybridized carbons (Fsp3) is 0.286. The molecule has 0 fully saturated rings. The van der Waals surface area contributed by atoms with E-state index in [1.165, 1.54) is 0 Å². The van der Waals surface area contributed by atoms with E-state index in [0.29, 0.717) is 16.4 Å². The molecule has 146 valence electrons. The number of hydrogen-bond acceptors (Lipinski definition) is 4. The van der Waals surface area contributed by atoms with Gasteiger partial charge in [0.1, 0.15) is 0 Å². The van der Waals surface area contributed by atoms with Crippen molar-refractivity contribution in [2.45, 2.75) is 38.4 Å². The summed E-state index contributed by atoms with van der Waals surface area (Å²) >= 11 is 7.84. The molecule has 0 spiro atoms. The minimum Gasteiger partial charge on any atom is -0.345 e. The Morgan fingerprint density at radius 3 is 2.75 bits per heavy atom. The van der Waals surface area contributed by atoms with Crippen molar-refractivity contribution in [1.29, 1.82) is 0 Å². The average molecular weight is 415 g/mol. The molecule has 0 atom stereocenters. The van der Waals surface area contributed by atoms with Gasteiger partial charge in [0.15, 0.2) is 11.0 Å². The van der Waals surface area contributed by atoms with Crippen LogP contribution in [0.4, 0.5) is 0 Å². The zero-order chi connectivity index (χ0) is 19.9. The van der Waals surface area contributed by atoms with Gasteiger partial charge < -0.3 is 5.32 Å². The highest BCUT2D eigenvalue weighted by molar-refractivity contribution is 7.99. The fourth-order valence-corrected chi connectivity index (χ4v) is 3.98. The summed E-state index contributed by atoms with van der Waals surface area (Å²) in [7, 11) is 0. The second-order valence-electron chi connectivity index (χ2n) is 6.47. The smallest absolute Gasteiger partial charge is 0.251 e. The van der Waals surface area contributed by atoms with Crippen LogP contribution in [0.1, 0.15) is 41.5 Å². The maximum absolute atomic E-state index is 12.5. The van der Waals surface area contributed by atoms with E-state index < -0.39 is 0 Å². The molecule has 0 aliphatic carbocycles. The molecule has 0 aliphatic heterocycles. The van der Waals surface area contributed by atoms with Gasteiger partial charge in [-0.3, -0.25) is 9.36 Å². The van der Waals surface area contributed by atoms with Crippen LogP contribution in [-0.2, 0) is 6.54 Å². The number of unbranched alkanes of at least 4 members (excludes halogenated alkanes) is 1. The van der Waals surface area contributed by atoms with E-state index in [-0.39, 0.29) is 12.5 Å². The van der Waals surface area contributed by atoms with Crippen LogP contribution in [0.15, 0.2) is 53.7 Å². The molecule has 1 heterocycles. The van der Waals surface area contributed by atoms with Crippen LogP contribution in [0.5, 0.6) is 0 Å². The van der Waals surface area contributed by atoms with Crippen LogP contribution >= 0.6 is 23.4 Å². The molecule has 2 aromatic carbocycles. The van der Waals surface area contributed by atoms with Crippen LogP contribution in [-0.4, -0.2) is 26.4 Å². The summed E-state index contributed by atoms with van der Waals surface area (Å²) < 4.78 is 1.96. The average Bonchev–Trinajstić information content (AvgIpc) is 3.09. The lowest BCUT2D eigenvalue weighted by atomic mass is 10.1. The van der Waals surface area contributed by atoms with E-state index in [1.807, 2.05) is 54.0 Å². The first-order chi connectivity index (χ1) is 13.6. The molecule has 1 aromatic heterocycles. The van der Waals surface area contributed by atoms with Crippen molar-refractivity contribution in [3.63, 3.8) is 0 Å². The second kappa shape index (κ2) is 9.75. The number of rotatable bonds is 8. The zero-order valence-electron chi connectivity index (χ0n) is 16.0. The quantitative estimate of drug-likeness (QED) is 0.413. The Balaban J connectivity index is 1.82. The van der Waals surface area contributed by atoms with Crippen molar-refractivity contribution in [1.82, 2.24) is 20.1 Å². The van der Waals surface area contributed by atoms with E-state index in [0.717, 1.165) is 35.0 Å². The Labute approximate surface area is 174 Å². The monoisotopic (exact) mass is 414 g/mol. The molecule has 1 N–H and O–H groups in total. The Morgan fingerprint density at radius 2 is 2.00 bits per heavy atom. The van der Waals surface area contributed by atoms with Gasteiger partial charge in [-0.2, -0.15) is 0 Å². The largest absolute Gasteiger partial charge is 0.345 e. The predicted molar refractivity (Wildman–Crippen MR) is 114 cm³/mol. The third-order valence-corrected chi connectivity index (χ3v) is 5.43. The first kappa shape index (κ1) is 20.4. The van der Waals surface area contributed by atoms with E-state index in [4.69, 9.17) is 11.6 Å². The third-order valence-electron chi connectivity index (χ3n) is 4.18. The standard InChI is InChI=1S/C21H23ClN4OS/c1-3-4-11-28-21-25-24-19(26(21)18-10-6-9-17(22)13-18)14-23-20(27)16-8-5-7-15(2)12-16/h5-10,12-13H,3-4,11,14H2,1-2H3,(H,23,27). The number of thioether (sulfide) groups is 1. The highest BCUT2D eigenvalue weighted by Gasteiger charge is 2.16. The van der Waals surface area contributed by atoms with Gasteiger partial charge in [0.2, 0.25) is 0 Å². The molecule has 1 amide bonds. The molecular formula is C21H23ClN4OS. The predicted octanol–water partition coefficient (Wildman–Crippen LogP) is 5.05. The van der Waals surface area contributed by atoms with E-state index >= 15 is 0 Å². The highest BCUT2D eigenvalue weighted by atomic mass is 35.5. The molecule has 0 saturated carbocycles. The van der Waals surface area contributed by atoms with Crippen molar-refractivity contribution in [3.8, 4) is 5.69 Å². The summed E-state index contributed by atoms with van der Waals surface area (Å²) in [5.74, 6) is 1.50. The van der Waals surface area contributed by atoms with Gasteiger partial charge in [0.25, 0.3) is 5.91 Å². The van der Waals surface area contributed by atoms with Gasteiger partial charge in [-0.1, -0.05) is 60.5 Å². The summed E-state index contributed by atoms with van der Waals surface area (Å²) in [5, 5.41) is 13.0. The van der Waals surface area contributed by atoms with Crippen molar-refractivity contribution in [2.24, 2.45) is 0 Å². The molecule has 5 nitrogen and oxygen atoms in total. The normalized spacial score (nSPS) is 10.8. The first-order valence-corrected chi connectivity index (χ1v) is 10.6. The lowest BCUT2D eigenvalue weighted by molar-refractivity contribution is 0.0949. The Bertz CT molecular complexity index is 957. The number of amides is 1. The summed E-state index contributed by atoms with van der Waals surface area (Å²) in [6.07, 6.45) is 2.23. The van der Waals surface area contributed by atoms with Gasteiger partial charge in [-0.05, 0) is 43.7 Å². The number of nitrogens with one attached hydrogen (secondary N) is 1. The van der Waals surface area contributed by atoms with Gasteiger partial charge >= 0.3 is 0 Å². The van der Waals surface area contributed by atoms with Crippen molar-refractivity contribution in [2.75, 3.05) is 5.75 Å². The first-order valence-electron chi connectivity index (χ1n) is 9.26. The summed E-state index contributed by atoms with van der Waals surface area (Å²) in [6.45, 7) is 4.40. The van der Waals surface area contributed by atoms with Crippen LogP contribution in [0.25, 0.3) is 5.69 Å². The SMILES string of the molecule is CCCCSc1nnc(CNC(=O)c2cccc(C)c2)n1-c1cccc(Cl)c1. The highest BCUT2D eigenvalue weighted by Crippen LogP contribution is 2.24. The van der Waals surface area contributed by atoms with Crippen molar-refractivity contribution < 1.29 is 4.79 Å². The minimum atomic E-state index is -0.135. The molecule has 0 bridgehead atoms. The Hall–Kier alpha value is -2.31. The second-order valence-corrected chi connectivity index (χ2v) is 7.97. The summed E-state index contributed by atoms with van der Waals surface area (Å²) in [4.78, 5) is 12.5. The topological polar surface area (TPSA) is 59.8 Å². The molecule has 28 heavy (non-hydrogen) atoms. The summed E-state index contributed by atoms with van der Waals surface area (Å²) in [6, 6.07) is 15.1. The van der Waals surface area contributed by atoms with Crippen LogP contribution in [0.3, 0.4) is 0 Å². The Kier molecular flexibility index (Phi) is 7.12. The molecule has 0 unspecified atom stereocenters. The maximum Gasteiger partial charge on any atom is 0.251 e. The van der Waals surface area contributed by atoms with Gasteiger partial charge in [-0.15, -0.1) is 10.2 Å². The van der Waals surface area contributed by atoms with Crippen molar-refractivity contribution >= 4 is 29.3 Å². The molecule has 0 aliphatic rings. The third kappa shape index (κ3) is 5.14. The number of carbonyl (C=O) groups is 1. The van der Waals surface area contributed by atoms with E-state index in [1.54, 1.807) is 17.8 Å². The number of halogens is 1. The number of aromatic nitrogens is 3. The number of benzene rings is 2. The van der Waals surface area contributed by atoms with Gasteiger partial charge in [-0.25, -0.2) is 0 Å². The molecule has 7 heteroatoms. The number of nitrogens with zero attached hydrogens (tertiary/aromatic N) is 3. The van der Waals surface area contributed by atoms with Crippen LogP contribution in [0, 0.1) is 6.92 Å². The zero-order valence-corrected chi connectivity index (χ0v) is 17.6. The van der Waals surface area contributed by atoms with Crippen molar-refractivity contribution in [3.05, 3.63) is 70.5 Å². The lowest BCUT2D eigenvalue weighted by Crippen LogP contribution is -2.24. The number of hydrogen-bond donors (Lipinski definition) is 1. The van der Waals surface area contributed by atoms with Gasteiger partial charge in [0, 0.05) is 16.3 Å². The molecule has 3 aromatic rings. The minimum absolute atomic E-state index is 0.135. The Morgan fingerprint density at radius 1 is 1.18 bits per heavy atom. The maximum atomic E-state index is 12.5. The van der Waals surface area contributed by atoms with Gasteiger partial charge in [0.05, 0.1) is 12.2 Å². The molecular weight excluding hydrogens is 392 g/mol. The molecule has 0 radical (unpaired) electrons. The van der Waals surface area contributed by atoms with E-state index in [2.05, 4.69) is 22.4 Å². The molecule has 3 rings (SSSR count). The number of aryl methyl sites for hydroxylation is 1. The molecule has 0 saturated heterocycles. The van der Waals surface area contributed by atoms with Crippen LogP contribution in [0.2, 0.25) is 5.02 Å². The fourth-order valence-electron chi connectivity index (χ4n) is 2.74. The number of carbonyl (C=O) groups excluding carboxylic acids is 1.